The highest BCUT2D eigenvalue weighted by Crippen LogP contribution is 2.39. The lowest BCUT2D eigenvalue weighted by Gasteiger charge is -2.38. The highest BCUT2D eigenvalue weighted by molar-refractivity contribution is 7.79. The smallest absolute Gasteiger partial charge is 0.416 e. The van der Waals surface area contributed by atoms with E-state index in [1.807, 2.05) is 24.3 Å². The molecule has 0 radical (unpaired) electrons. The summed E-state index contributed by atoms with van der Waals surface area (Å²) in [5.74, 6) is 5.99. The summed E-state index contributed by atoms with van der Waals surface area (Å²) in [6.07, 6.45) is -3.65. The number of fused-ring (bicyclic) bond motifs is 1. The minimum absolute atomic E-state index is 0.0434. The fourth-order valence-corrected chi connectivity index (χ4v) is 3.54. The Labute approximate surface area is 183 Å². The van der Waals surface area contributed by atoms with Crippen LogP contribution in [-0.4, -0.2) is 24.1 Å². The van der Waals surface area contributed by atoms with Gasteiger partial charge in [0.15, 0.2) is 0 Å². The van der Waals surface area contributed by atoms with E-state index in [0.29, 0.717) is 19.2 Å². The molecule has 4 N–H and O–H groups in total. The van der Waals surface area contributed by atoms with Gasteiger partial charge in [0.2, 0.25) is 5.91 Å². The van der Waals surface area contributed by atoms with Crippen LogP contribution in [0.4, 0.5) is 17.6 Å². The Morgan fingerprint density at radius 2 is 1.94 bits per heavy atom. The topological polar surface area (TPSA) is 81.6 Å². The van der Waals surface area contributed by atoms with E-state index in [-0.39, 0.29) is 29.2 Å². The van der Waals surface area contributed by atoms with Crippen molar-refractivity contribution in [3.05, 3.63) is 65.0 Å². The van der Waals surface area contributed by atoms with Crippen LogP contribution in [0, 0.1) is 11.7 Å². The zero-order valence-electron chi connectivity index (χ0n) is 16.9. The zero-order chi connectivity index (χ0) is 23.2. The van der Waals surface area contributed by atoms with Crippen molar-refractivity contribution in [3.63, 3.8) is 0 Å². The molecule has 2 atom stereocenters. The molecule has 1 aliphatic rings. The number of hydrogen-bond acceptors (Lipinski definition) is 5. The Kier molecular flexibility index (Phi) is 8.72. The number of hydrazine groups is 1. The molecule has 2 aromatic rings. The first kappa shape index (κ1) is 25.0. The fraction of sp³-hybridized carbons (Fsp3) is 0.381. The van der Waals surface area contributed by atoms with E-state index in [1.165, 1.54) is 11.9 Å². The first-order valence-electron chi connectivity index (χ1n) is 9.52. The number of thiol groups is 1. The highest BCUT2D eigenvalue weighted by atomic mass is 32.1. The molecule has 0 bridgehead atoms. The summed E-state index contributed by atoms with van der Waals surface area (Å²) in [6, 6.07) is 9.80. The van der Waals surface area contributed by atoms with Crippen LogP contribution in [0.15, 0.2) is 42.5 Å². The lowest BCUT2D eigenvalue weighted by molar-refractivity contribution is -0.137. The molecular weight excluding hydrogens is 434 g/mol. The molecule has 1 aliphatic heterocycles. The second kappa shape index (κ2) is 10.8. The van der Waals surface area contributed by atoms with Gasteiger partial charge >= 0.3 is 6.18 Å². The minimum Gasteiger partial charge on any atom is -0.493 e. The number of nitrogens with zero attached hydrogens (tertiary/aromatic N) is 1. The van der Waals surface area contributed by atoms with E-state index in [1.54, 1.807) is 0 Å². The van der Waals surface area contributed by atoms with Gasteiger partial charge in [0.25, 0.3) is 0 Å². The normalized spacial score (nSPS) is 17.7. The average molecular weight is 460 g/mol. The largest absolute Gasteiger partial charge is 0.493 e. The lowest BCUT2D eigenvalue weighted by atomic mass is 9.88. The van der Waals surface area contributed by atoms with Gasteiger partial charge < -0.3 is 10.5 Å². The van der Waals surface area contributed by atoms with Crippen molar-refractivity contribution < 1.29 is 27.1 Å². The lowest BCUT2D eigenvalue weighted by Crippen LogP contribution is -2.46. The third-order valence-corrected chi connectivity index (χ3v) is 5.22. The van der Waals surface area contributed by atoms with E-state index in [2.05, 4.69) is 12.6 Å². The minimum atomic E-state index is -4.43. The molecule has 0 aliphatic carbocycles. The van der Waals surface area contributed by atoms with Crippen molar-refractivity contribution in [1.82, 2.24) is 5.01 Å². The predicted molar refractivity (Wildman–Crippen MR) is 113 cm³/mol. The second-order valence-corrected chi connectivity index (χ2v) is 7.34. The number of halogens is 4. The van der Waals surface area contributed by atoms with Gasteiger partial charge in [0.05, 0.1) is 18.2 Å². The van der Waals surface area contributed by atoms with Crippen molar-refractivity contribution in [2.24, 2.45) is 17.5 Å². The Bertz CT molecular complexity index is 895. The summed E-state index contributed by atoms with van der Waals surface area (Å²) in [5.41, 5.74) is 5.68. The maximum Gasteiger partial charge on any atom is 0.416 e. The van der Waals surface area contributed by atoms with E-state index in [0.717, 1.165) is 29.9 Å². The van der Waals surface area contributed by atoms with Gasteiger partial charge in [0.1, 0.15) is 11.6 Å². The third kappa shape index (κ3) is 6.34. The number of carbonyl (C=O) groups is 1. The van der Waals surface area contributed by atoms with Crippen LogP contribution in [0.3, 0.4) is 0 Å². The van der Waals surface area contributed by atoms with Gasteiger partial charge in [-0.3, -0.25) is 9.80 Å². The molecule has 1 heterocycles. The van der Waals surface area contributed by atoms with Crippen LogP contribution in [0.1, 0.15) is 36.1 Å². The summed E-state index contributed by atoms with van der Waals surface area (Å²) >= 11 is 3.72. The van der Waals surface area contributed by atoms with E-state index < -0.39 is 17.6 Å². The quantitative estimate of drug-likeness (QED) is 0.212. The van der Waals surface area contributed by atoms with Crippen LogP contribution in [-0.2, 0) is 16.7 Å². The zero-order valence-corrected chi connectivity index (χ0v) is 17.8. The molecule has 2 unspecified atom stereocenters. The summed E-state index contributed by atoms with van der Waals surface area (Å²) in [4.78, 5) is 11.5. The molecule has 2 aromatic carbocycles. The number of carbonyl (C=O) groups excluding carboxylic acids is 1. The average Bonchev–Trinajstić information content (AvgIpc) is 2.73. The van der Waals surface area contributed by atoms with Crippen molar-refractivity contribution in [1.29, 1.82) is 0 Å². The van der Waals surface area contributed by atoms with Crippen LogP contribution in [0.25, 0.3) is 0 Å². The molecule has 10 heteroatoms. The van der Waals surface area contributed by atoms with Crippen LogP contribution >= 0.6 is 12.6 Å². The van der Waals surface area contributed by atoms with Crippen molar-refractivity contribution in [2.75, 3.05) is 13.2 Å². The fourth-order valence-electron chi connectivity index (χ4n) is 3.30. The second-order valence-electron chi connectivity index (χ2n) is 7.02. The number of rotatable bonds is 4. The van der Waals surface area contributed by atoms with Gasteiger partial charge in [-0.05, 0) is 42.8 Å². The van der Waals surface area contributed by atoms with E-state index >= 15 is 0 Å². The van der Waals surface area contributed by atoms with Gasteiger partial charge in [-0.15, -0.1) is 0 Å². The van der Waals surface area contributed by atoms with Gasteiger partial charge in [-0.25, -0.2) is 10.2 Å². The molecule has 0 spiro atoms. The van der Waals surface area contributed by atoms with Crippen LogP contribution in [0.2, 0.25) is 0 Å². The molecule has 0 fully saturated rings. The first-order chi connectivity index (χ1) is 14.6. The Balaban J connectivity index is 0.000000233. The summed E-state index contributed by atoms with van der Waals surface area (Å²) in [6.45, 7) is 2.57. The van der Waals surface area contributed by atoms with Crippen LogP contribution in [0.5, 0.6) is 5.75 Å². The molecule has 170 valence electrons. The van der Waals surface area contributed by atoms with E-state index in [4.69, 9.17) is 16.3 Å². The standard InChI is InChI=1S/C13H19N3O2.C8H6F4S/c1-9(17)16(15)13-10(6-7-14)8-18-12-5-3-2-4-11(12)13;9-7-2-1-6(8(10,11)12)3-5(7)4-13/h2-5,10,13H,6-8,14-15H2,1H3;1-3,13H,4H2. The molecule has 5 nitrogen and oxygen atoms in total. The SMILES string of the molecule is CC(=O)N(N)C1c2ccccc2OCC1CCN.Fc1ccc(C(F)(F)F)cc1CS. The van der Waals surface area contributed by atoms with Gasteiger partial charge in [0, 0.05) is 24.2 Å². The Morgan fingerprint density at radius 1 is 1.26 bits per heavy atom. The number of amides is 1. The number of para-hydroxylation sites is 1. The first-order valence-corrected chi connectivity index (χ1v) is 10.2. The molecule has 1 amide bonds. The number of benzene rings is 2. The van der Waals surface area contributed by atoms with Crippen molar-refractivity contribution >= 4 is 18.5 Å². The van der Waals surface area contributed by atoms with Crippen LogP contribution < -0.4 is 16.3 Å². The highest BCUT2D eigenvalue weighted by Gasteiger charge is 2.35. The molecule has 0 saturated heterocycles. The summed E-state index contributed by atoms with van der Waals surface area (Å²) < 4.78 is 54.7. The summed E-state index contributed by atoms with van der Waals surface area (Å²) in [7, 11) is 0. The number of ether oxygens (including phenoxy) is 1. The van der Waals surface area contributed by atoms with Crippen molar-refractivity contribution in [2.45, 2.75) is 31.3 Å². The van der Waals surface area contributed by atoms with Gasteiger partial charge in [-0.2, -0.15) is 25.8 Å². The molecular formula is C21H25F4N3O2S. The maximum atomic E-state index is 12.7. The summed E-state index contributed by atoms with van der Waals surface area (Å²) in [5, 5.41) is 1.29. The monoisotopic (exact) mass is 459 g/mol. The third-order valence-electron chi connectivity index (χ3n) is 4.88. The van der Waals surface area contributed by atoms with E-state index in [9.17, 15) is 22.4 Å². The Morgan fingerprint density at radius 3 is 2.52 bits per heavy atom. The Hall–Kier alpha value is -2.30. The van der Waals surface area contributed by atoms with Crippen molar-refractivity contribution in [3.8, 4) is 5.75 Å². The maximum absolute atomic E-state index is 12.7. The molecule has 31 heavy (non-hydrogen) atoms. The number of alkyl halides is 3. The number of nitrogens with two attached hydrogens (primary N) is 2. The molecule has 3 rings (SSSR count). The molecule has 0 aromatic heterocycles. The predicted octanol–water partition coefficient (Wildman–Crippen LogP) is 4.08. The van der Waals surface area contributed by atoms with Gasteiger partial charge in [-0.1, -0.05) is 18.2 Å². The number of hydrogen-bond donors (Lipinski definition) is 3. The molecule has 0 saturated carbocycles.